The van der Waals surface area contributed by atoms with Crippen LogP contribution in [-0.2, 0) is 24.4 Å². The second-order valence-corrected chi connectivity index (χ2v) is 6.32. The minimum atomic E-state index is -0.882. The molecular weight excluding hydrogens is 400 g/mol. The second kappa shape index (κ2) is 10.3. The lowest BCUT2D eigenvalue weighted by Crippen LogP contribution is -2.55. The molecule has 29 heavy (non-hydrogen) atoms. The average molecular weight is 421 g/mol. The summed E-state index contributed by atoms with van der Waals surface area (Å²) >= 11 is 5.79. The molecule has 0 aliphatic carbocycles. The minimum Gasteiger partial charge on any atom is -0.492 e. The summed E-state index contributed by atoms with van der Waals surface area (Å²) in [7, 11) is 0. The fourth-order valence-electron chi connectivity index (χ4n) is 2.48. The third-order valence-electron chi connectivity index (χ3n) is 3.82. The quantitative estimate of drug-likeness (QED) is 0.442. The Balaban J connectivity index is 2.08. The van der Waals surface area contributed by atoms with Crippen LogP contribution in [0.15, 0.2) is 64.0 Å². The molecule has 0 bridgehead atoms. The van der Waals surface area contributed by atoms with E-state index >= 15 is 0 Å². The first-order chi connectivity index (χ1) is 13.9. The number of aromatic nitrogens is 3. The summed E-state index contributed by atoms with van der Waals surface area (Å²) in [6.07, 6.45) is 2.70. The van der Waals surface area contributed by atoms with E-state index in [0.29, 0.717) is 15.3 Å². The summed E-state index contributed by atoms with van der Waals surface area (Å²) in [6.45, 7) is 6.60. The third kappa shape index (κ3) is 5.58. The van der Waals surface area contributed by atoms with Crippen molar-refractivity contribution in [3.63, 3.8) is 0 Å². The van der Waals surface area contributed by atoms with Gasteiger partial charge in [-0.25, -0.2) is 28.1 Å². The number of halogens is 1. The number of carbonyl (C=O) groups excluding carboxylic acids is 1. The molecule has 0 atom stereocenters. The highest BCUT2D eigenvalue weighted by Gasteiger charge is 2.16. The lowest BCUT2D eigenvalue weighted by atomic mass is 10.3. The van der Waals surface area contributed by atoms with Crippen molar-refractivity contribution in [1.29, 1.82) is 0 Å². The van der Waals surface area contributed by atoms with Gasteiger partial charge in [0.25, 0.3) is 0 Å². The van der Waals surface area contributed by atoms with Crippen LogP contribution in [0.1, 0.15) is 0 Å². The van der Waals surface area contributed by atoms with Gasteiger partial charge < -0.3 is 10.1 Å². The molecule has 0 fully saturated rings. The first-order valence-electron chi connectivity index (χ1n) is 8.70. The fraction of sp³-hybridized carbons (Fsp3) is 0.263. The first-order valence-corrected chi connectivity index (χ1v) is 9.08. The summed E-state index contributed by atoms with van der Waals surface area (Å²) < 4.78 is 7.81. The standard InChI is InChI=1S/C19H21ClN4O5/c1-3-10-22-17(26)23(11-4-2)19(28)24(18(22)27)13-16(25)21-9-12-29-15-7-5-14(20)6-8-15/h3-8H,1-2,9-13H2,(H,21,25). The van der Waals surface area contributed by atoms with Crippen molar-refractivity contribution in [2.24, 2.45) is 0 Å². The number of carbonyl (C=O) groups is 1. The van der Waals surface area contributed by atoms with Crippen LogP contribution >= 0.6 is 11.6 Å². The predicted molar refractivity (Wildman–Crippen MR) is 110 cm³/mol. The predicted octanol–water partition coefficient (Wildman–Crippen LogP) is 0.392. The van der Waals surface area contributed by atoms with Gasteiger partial charge in [-0.2, -0.15) is 0 Å². The van der Waals surface area contributed by atoms with Gasteiger partial charge in [-0.1, -0.05) is 23.8 Å². The van der Waals surface area contributed by atoms with Crippen molar-refractivity contribution in [3.8, 4) is 5.75 Å². The molecule has 0 saturated heterocycles. The van der Waals surface area contributed by atoms with Crippen LogP contribution in [0.2, 0.25) is 5.02 Å². The molecule has 0 saturated carbocycles. The van der Waals surface area contributed by atoms with E-state index in [-0.39, 0.29) is 26.2 Å². The number of nitrogens with one attached hydrogen (secondary N) is 1. The highest BCUT2D eigenvalue weighted by Crippen LogP contribution is 2.14. The number of allylic oxidation sites excluding steroid dienone is 2. The maximum absolute atomic E-state index is 12.5. The maximum Gasteiger partial charge on any atom is 0.337 e. The van der Waals surface area contributed by atoms with E-state index in [1.54, 1.807) is 24.3 Å². The molecule has 0 unspecified atom stereocenters. The van der Waals surface area contributed by atoms with Crippen LogP contribution in [-0.4, -0.2) is 32.8 Å². The van der Waals surface area contributed by atoms with Crippen molar-refractivity contribution >= 4 is 17.5 Å². The number of nitrogens with zero attached hydrogens (tertiary/aromatic N) is 3. The van der Waals surface area contributed by atoms with Gasteiger partial charge >= 0.3 is 17.1 Å². The number of rotatable bonds is 10. The van der Waals surface area contributed by atoms with E-state index < -0.39 is 29.5 Å². The van der Waals surface area contributed by atoms with Crippen LogP contribution in [0.25, 0.3) is 0 Å². The molecule has 154 valence electrons. The van der Waals surface area contributed by atoms with Crippen molar-refractivity contribution in [2.45, 2.75) is 19.6 Å². The Labute approximate surface area is 171 Å². The van der Waals surface area contributed by atoms with E-state index in [1.165, 1.54) is 12.2 Å². The largest absolute Gasteiger partial charge is 0.492 e. The molecule has 0 spiro atoms. The summed E-state index contributed by atoms with van der Waals surface area (Å²) in [5.41, 5.74) is -2.55. The molecular formula is C19H21ClN4O5. The third-order valence-corrected chi connectivity index (χ3v) is 4.07. The summed E-state index contributed by atoms with van der Waals surface area (Å²) in [5.74, 6) is 0.0153. The molecule has 10 heteroatoms. The van der Waals surface area contributed by atoms with Crippen molar-refractivity contribution in [3.05, 3.63) is 86.1 Å². The van der Waals surface area contributed by atoms with E-state index in [1.807, 2.05) is 0 Å². The van der Waals surface area contributed by atoms with Gasteiger partial charge in [-0.3, -0.25) is 4.79 Å². The van der Waals surface area contributed by atoms with Gasteiger partial charge in [0.1, 0.15) is 18.9 Å². The van der Waals surface area contributed by atoms with Crippen molar-refractivity contribution in [1.82, 2.24) is 19.0 Å². The maximum atomic E-state index is 12.5. The highest BCUT2D eigenvalue weighted by molar-refractivity contribution is 6.30. The zero-order chi connectivity index (χ0) is 21.4. The van der Waals surface area contributed by atoms with E-state index in [4.69, 9.17) is 16.3 Å². The van der Waals surface area contributed by atoms with Crippen molar-refractivity contribution < 1.29 is 9.53 Å². The Kier molecular flexibility index (Phi) is 7.79. The SMILES string of the molecule is C=CCn1c(=O)n(CC=C)c(=O)n(CC(=O)NCCOc2ccc(Cl)cc2)c1=O. The molecule has 0 radical (unpaired) electrons. The van der Waals surface area contributed by atoms with Crippen LogP contribution < -0.4 is 27.1 Å². The van der Waals surface area contributed by atoms with Gasteiger partial charge in [-0.15, -0.1) is 13.2 Å². The number of amides is 1. The van der Waals surface area contributed by atoms with E-state index in [9.17, 15) is 19.2 Å². The summed E-state index contributed by atoms with van der Waals surface area (Å²) in [6, 6.07) is 6.73. The van der Waals surface area contributed by atoms with Gasteiger partial charge in [0.2, 0.25) is 5.91 Å². The Morgan fingerprint density at radius 3 is 2.00 bits per heavy atom. The van der Waals surface area contributed by atoms with Gasteiger partial charge in [-0.05, 0) is 24.3 Å². The van der Waals surface area contributed by atoms with Crippen LogP contribution in [0, 0.1) is 0 Å². The molecule has 1 amide bonds. The van der Waals surface area contributed by atoms with Crippen LogP contribution in [0.3, 0.4) is 0 Å². The lowest BCUT2D eigenvalue weighted by Gasteiger charge is -2.12. The second-order valence-electron chi connectivity index (χ2n) is 5.88. The lowest BCUT2D eigenvalue weighted by molar-refractivity contribution is -0.121. The molecule has 2 rings (SSSR count). The Morgan fingerprint density at radius 1 is 0.966 bits per heavy atom. The molecule has 1 aromatic heterocycles. The molecule has 1 N–H and O–H groups in total. The fourth-order valence-corrected chi connectivity index (χ4v) is 2.60. The van der Waals surface area contributed by atoms with Crippen LogP contribution in [0.5, 0.6) is 5.75 Å². The number of ether oxygens (including phenoxy) is 1. The average Bonchev–Trinajstić information content (AvgIpc) is 2.70. The molecule has 0 aliphatic rings. The number of benzene rings is 1. The normalized spacial score (nSPS) is 10.4. The van der Waals surface area contributed by atoms with Crippen LogP contribution in [0.4, 0.5) is 0 Å². The molecule has 1 heterocycles. The van der Waals surface area contributed by atoms with Crippen molar-refractivity contribution in [2.75, 3.05) is 13.2 Å². The Hall–Kier alpha value is -3.33. The van der Waals surface area contributed by atoms with Gasteiger partial charge in [0.05, 0.1) is 19.6 Å². The molecule has 2 aromatic rings. The minimum absolute atomic E-state index is 0.0916. The zero-order valence-electron chi connectivity index (χ0n) is 15.7. The van der Waals surface area contributed by atoms with Gasteiger partial charge in [0.15, 0.2) is 0 Å². The highest BCUT2D eigenvalue weighted by atomic mass is 35.5. The monoisotopic (exact) mass is 420 g/mol. The summed E-state index contributed by atoms with van der Waals surface area (Å²) in [5, 5.41) is 3.14. The van der Waals surface area contributed by atoms with E-state index in [2.05, 4.69) is 18.5 Å². The Morgan fingerprint density at radius 2 is 1.48 bits per heavy atom. The summed E-state index contributed by atoms with van der Waals surface area (Å²) in [4.78, 5) is 49.4. The van der Waals surface area contributed by atoms with E-state index in [0.717, 1.165) is 9.13 Å². The first kappa shape index (κ1) is 22.0. The zero-order valence-corrected chi connectivity index (χ0v) is 16.4. The number of hydrogen-bond donors (Lipinski definition) is 1. The Bertz CT molecular complexity index is 1020. The number of hydrogen-bond acceptors (Lipinski definition) is 5. The smallest absolute Gasteiger partial charge is 0.337 e. The topological polar surface area (TPSA) is 104 Å². The van der Waals surface area contributed by atoms with Gasteiger partial charge in [0, 0.05) is 5.02 Å². The molecule has 0 aliphatic heterocycles. The molecule has 9 nitrogen and oxygen atoms in total. The molecule has 1 aromatic carbocycles.